The van der Waals surface area contributed by atoms with E-state index in [0.29, 0.717) is 18.8 Å². The fraction of sp³-hybridized carbons (Fsp3) is 0.467. The van der Waals surface area contributed by atoms with Gasteiger partial charge in [0.15, 0.2) is 5.78 Å². The van der Waals surface area contributed by atoms with Gasteiger partial charge in [-0.25, -0.2) is 0 Å². The van der Waals surface area contributed by atoms with Crippen molar-refractivity contribution in [1.29, 1.82) is 0 Å². The van der Waals surface area contributed by atoms with Gasteiger partial charge in [0.2, 0.25) is 0 Å². The Hall–Kier alpha value is -1.64. The van der Waals surface area contributed by atoms with Crippen LogP contribution in [0.5, 0.6) is 0 Å². The third-order valence-electron chi connectivity index (χ3n) is 2.35. The molecular formula is C15H22O3. The molecule has 0 amide bonds. The van der Waals surface area contributed by atoms with Gasteiger partial charge >= 0.3 is 5.97 Å². The van der Waals surface area contributed by atoms with E-state index in [1.54, 1.807) is 0 Å². The number of carboxylic acids is 1. The molecule has 0 saturated carbocycles. The summed E-state index contributed by atoms with van der Waals surface area (Å²) < 4.78 is 0. The fourth-order valence-corrected chi connectivity index (χ4v) is 1.24. The standard InChI is InChI=1S/C9H10O.C6H12O2/c1-2-9(10)8-6-4-3-5-7-8;1-5(2)3-4-6(7)8/h3-7H,2H2,1H3;5H,3-4H2,1-2H3,(H,7,8). The Balaban J connectivity index is 0.000000331. The van der Waals surface area contributed by atoms with E-state index in [1.807, 2.05) is 51.1 Å². The van der Waals surface area contributed by atoms with Gasteiger partial charge in [-0.15, -0.1) is 0 Å². The van der Waals surface area contributed by atoms with E-state index in [0.717, 1.165) is 12.0 Å². The monoisotopic (exact) mass is 250 g/mol. The summed E-state index contributed by atoms with van der Waals surface area (Å²) in [7, 11) is 0. The van der Waals surface area contributed by atoms with Crippen molar-refractivity contribution in [3.05, 3.63) is 35.9 Å². The molecule has 0 aliphatic heterocycles. The van der Waals surface area contributed by atoms with E-state index in [1.165, 1.54) is 0 Å². The molecule has 100 valence electrons. The van der Waals surface area contributed by atoms with Crippen molar-refractivity contribution in [1.82, 2.24) is 0 Å². The molecule has 1 rings (SSSR count). The second kappa shape index (κ2) is 9.40. The van der Waals surface area contributed by atoms with E-state index >= 15 is 0 Å². The van der Waals surface area contributed by atoms with Crippen LogP contribution >= 0.6 is 0 Å². The highest BCUT2D eigenvalue weighted by Crippen LogP contribution is 2.02. The number of Topliss-reactive ketones (excluding diaryl/α,β-unsaturated/α-hetero) is 1. The number of carbonyl (C=O) groups excluding carboxylic acids is 1. The second-order valence-electron chi connectivity index (χ2n) is 4.47. The van der Waals surface area contributed by atoms with Crippen LogP contribution in [0.25, 0.3) is 0 Å². The first kappa shape index (κ1) is 16.4. The zero-order valence-corrected chi connectivity index (χ0v) is 11.3. The molecule has 1 aromatic carbocycles. The highest BCUT2D eigenvalue weighted by Gasteiger charge is 1.98. The Morgan fingerprint density at radius 1 is 1.17 bits per heavy atom. The Kier molecular flexibility index (Phi) is 8.54. The molecule has 0 saturated heterocycles. The molecule has 18 heavy (non-hydrogen) atoms. The van der Waals surface area contributed by atoms with E-state index in [2.05, 4.69) is 0 Å². The topological polar surface area (TPSA) is 54.4 Å². The smallest absolute Gasteiger partial charge is 0.303 e. The molecule has 3 heteroatoms. The number of carbonyl (C=O) groups is 2. The predicted molar refractivity (Wildman–Crippen MR) is 72.8 cm³/mol. The highest BCUT2D eigenvalue weighted by atomic mass is 16.4. The minimum atomic E-state index is -0.696. The molecule has 0 spiro atoms. The van der Waals surface area contributed by atoms with Crippen LogP contribution in [-0.2, 0) is 4.79 Å². The van der Waals surface area contributed by atoms with Crippen LogP contribution < -0.4 is 0 Å². The summed E-state index contributed by atoms with van der Waals surface area (Å²) >= 11 is 0. The summed E-state index contributed by atoms with van der Waals surface area (Å²) in [5.74, 6) is 0.0189. The molecule has 1 N–H and O–H groups in total. The molecule has 0 aliphatic rings. The van der Waals surface area contributed by atoms with Gasteiger partial charge in [0, 0.05) is 18.4 Å². The maximum absolute atomic E-state index is 11.0. The maximum Gasteiger partial charge on any atom is 0.303 e. The van der Waals surface area contributed by atoms with Crippen LogP contribution in [-0.4, -0.2) is 16.9 Å². The number of hydrogen-bond acceptors (Lipinski definition) is 2. The lowest BCUT2D eigenvalue weighted by atomic mass is 10.1. The minimum absolute atomic E-state index is 0.209. The van der Waals surface area contributed by atoms with Crippen molar-refractivity contribution >= 4 is 11.8 Å². The average Bonchev–Trinajstić information content (AvgIpc) is 2.37. The van der Waals surface area contributed by atoms with Gasteiger partial charge in [0.25, 0.3) is 0 Å². The molecule has 0 aromatic heterocycles. The summed E-state index contributed by atoms with van der Waals surface area (Å²) in [5.41, 5.74) is 0.810. The van der Waals surface area contributed by atoms with E-state index < -0.39 is 5.97 Å². The summed E-state index contributed by atoms with van der Waals surface area (Å²) in [4.78, 5) is 20.9. The van der Waals surface area contributed by atoms with Gasteiger partial charge in [-0.1, -0.05) is 51.1 Å². The zero-order valence-electron chi connectivity index (χ0n) is 11.3. The first-order valence-electron chi connectivity index (χ1n) is 6.27. The largest absolute Gasteiger partial charge is 0.481 e. The summed E-state index contributed by atoms with van der Waals surface area (Å²) in [5, 5.41) is 8.16. The molecule has 3 nitrogen and oxygen atoms in total. The number of carboxylic acid groups (broad SMARTS) is 1. The Morgan fingerprint density at radius 2 is 1.72 bits per heavy atom. The first-order valence-corrected chi connectivity index (χ1v) is 6.27. The third-order valence-corrected chi connectivity index (χ3v) is 2.35. The lowest BCUT2D eigenvalue weighted by molar-refractivity contribution is -0.137. The van der Waals surface area contributed by atoms with Crippen LogP contribution in [0.2, 0.25) is 0 Å². The van der Waals surface area contributed by atoms with Crippen LogP contribution in [0.3, 0.4) is 0 Å². The molecule has 0 heterocycles. The van der Waals surface area contributed by atoms with Crippen molar-refractivity contribution in [2.24, 2.45) is 5.92 Å². The highest BCUT2D eigenvalue weighted by molar-refractivity contribution is 5.95. The molecule has 1 aromatic rings. The number of ketones is 1. The summed E-state index contributed by atoms with van der Waals surface area (Å²) in [6.45, 7) is 5.90. The van der Waals surface area contributed by atoms with Crippen LogP contribution in [0.1, 0.15) is 50.4 Å². The lowest BCUT2D eigenvalue weighted by Gasteiger charge is -1.97. The van der Waals surface area contributed by atoms with Gasteiger partial charge in [-0.2, -0.15) is 0 Å². The molecule has 0 atom stereocenters. The molecule has 0 bridgehead atoms. The third kappa shape index (κ3) is 8.50. The van der Waals surface area contributed by atoms with Gasteiger partial charge in [-0.3, -0.25) is 9.59 Å². The molecule has 0 unspecified atom stereocenters. The summed E-state index contributed by atoms with van der Waals surface area (Å²) in [6.07, 6.45) is 1.68. The van der Waals surface area contributed by atoms with Gasteiger partial charge in [-0.05, 0) is 12.3 Å². The average molecular weight is 250 g/mol. The van der Waals surface area contributed by atoms with Crippen molar-refractivity contribution in [2.75, 3.05) is 0 Å². The number of rotatable bonds is 5. The normalized spacial score (nSPS) is 9.56. The van der Waals surface area contributed by atoms with Crippen molar-refractivity contribution < 1.29 is 14.7 Å². The predicted octanol–water partition coefficient (Wildman–Crippen LogP) is 3.79. The molecule has 0 radical (unpaired) electrons. The van der Waals surface area contributed by atoms with Crippen molar-refractivity contribution in [3.63, 3.8) is 0 Å². The van der Waals surface area contributed by atoms with Crippen molar-refractivity contribution in [2.45, 2.75) is 40.0 Å². The maximum atomic E-state index is 11.0. The van der Waals surface area contributed by atoms with Gasteiger partial charge < -0.3 is 5.11 Å². The first-order chi connectivity index (χ1) is 8.47. The van der Waals surface area contributed by atoms with Crippen molar-refractivity contribution in [3.8, 4) is 0 Å². The number of benzene rings is 1. The second-order valence-corrected chi connectivity index (χ2v) is 4.47. The van der Waals surface area contributed by atoms with Gasteiger partial charge in [0.05, 0.1) is 0 Å². The lowest BCUT2D eigenvalue weighted by Crippen LogP contribution is -1.97. The van der Waals surface area contributed by atoms with E-state index in [9.17, 15) is 9.59 Å². The minimum Gasteiger partial charge on any atom is -0.481 e. The van der Waals surface area contributed by atoms with E-state index in [4.69, 9.17) is 5.11 Å². The number of aliphatic carboxylic acids is 1. The van der Waals surface area contributed by atoms with E-state index in [-0.39, 0.29) is 5.78 Å². The molecular weight excluding hydrogens is 228 g/mol. The fourth-order valence-electron chi connectivity index (χ4n) is 1.24. The Morgan fingerprint density at radius 3 is 2.06 bits per heavy atom. The zero-order chi connectivity index (χ0) is 14.0. The Bertz CT molecular complexity index is 355. The van der Waals surface area contributed by atoms with Crippen LogP contribution in [0.15, 0.2) is 30.3 Å². The SMILES string of the molecule is CC(C)CCC(=O)O.CCC(=O)c1ccccc1. The van der Waals surface area contributed by atoms with Crippen LogP contribution in [0, 0.1) is 5.92 Å². The van der Waals surface area contributed by atoms with Gasteiger partial charge in [0.1, 0.15) is 0 Å². The molecule has 0 aliphatic carbocycles. The Labute approximate surface area is 109 Å². The summed E-state index contributed by atoms with van der Waals surface area (Å²) in [6, 6.07) is 9.34. The quantitative estimate of drug-likeness (QED) is 0.809. The number of hydrogen-bond donors (Lipinski definition) is 1. The van der Waals surface area contributed by atoms with Crippen LogP contribution in [0.4, 0.5) is 0 Å². The molecule has 0 fully saturated rings.